The van der Waals surface area contributed by atoms with Gasteiger partial charge in [-0.3, -0.25) is 0 Å². The molecule has 0 spiro atoms. The molecule has 0 saturated heterocycles. The van der Waals surface area contributed by atoms with E-state index in [2.05, 4.69) is 15.6 Å². The highest BCUT2D eigenvalue weighted by atomic mass is 35.5. The molecule has 0 amide bonds. The summed E-state index contributed by atoms with van der Waals surface area (Å²) >= 11 is 7.18. The Bertz CT molecular complexity index is 371. The molecule has 0 unspecified atom stereocenters. The number of hydrogen-bond donors (Lipinski definition) is 0. The molecule has 0 N–H and O–H groups in total. The normalized spacial score (nSPS) is 10.5. The van der Waals surface area contributed by atoms with Crippen LogP contribution in [0.2, 0.25) is 0 Å². The van der Waals surface area contributed by atoms with E-state index in [1.165, 1.54) is 5.56 Å². The van der Waals surface area contributed by atoms with Crippen LogP contribution < -0.4 is 0 Å². The van der Waals surface area contributed by atoms with Gasteiger partial charge in [0, 0.05) is 0 Å². The van der Waals surface area contributed by atoms with Crippen molar-refractivity contribution < 1.29 is 4.42 Å². The highest BCUT2D eigenvalue weighted by Gasteiger charge is 2.05. The zero-order chi connectivity index (χ0) is 9.10. The van der Waals surface area contributed by atoms with Gasteiger partial charge in [0.25, 0.3) is 0 Å². The second-order valence-electron chi connectivity index (χ2n) is 2.53. The first-order valence-corrected chi connectivity index (χ1v) is 5.24. The van der Waals surface area contributed by atoms with Crippen LogP contribution in [0.3, 0.4) is 0 Å². The Balaban J connectivity index is 2.10. The Morgan fingerprint density at radius 3 is 2.85 bits per heavy atom. The van der Waals surface area contributed by atoms with E-state index in [4.69, 9.17) is 16.0 Å². The van der Waals surface area contributed by atoms with Crippen molar-refractivity contribution in [2.45, 2.75) is 12.3 Å². The zero-order valence-corrected chi connectivity index (χ0v) is 8.31. The summed E-state index contributed by atoms with van der Waals surface area (Å²) in [7, 11) is 0. The first-order chi connectivity index (χ1) is 6.38. The number of rotatable bonds is 3. The number of halogens is 1. The third kappa shape index (κ3) is 2.08. The SMILES string of the molecule is ClCc1nnc(Cc2ccsc2)o1. The van der Waals surface area contributed by atoms with Crippen molar-refractivity contribution in [2.24, 2.45) is 0 Å². The van der Waals surface area contributed by atoms with Gasteiger partial charge in [0.05, 0.1) is 6.42 Å². The molecule has 13 heavy (non-hydrogen) atoms. The maximum atomic E-state index is 5.53. The Hall–Kier alpha value is -0.870. The number of hydrogen-bond acceptors (Lipinski definition) is 4. The van der Waals surface area contributed by atoms with E-state index in [1.807, 2.05) is 11.4 Å². The second-order valence-corrected chi connectivity index (χ2v) is 3.58. The van der Waals surface area contributed by atoms with E-state index in [0.717, 1.165) is 0 Å². The van der Waals surface area contributed by atoms with Gasteiger partial charge in [-0.05, 0) is 22.4 Å². The molecule has 0 bridgehead atoms. The third-order valence-electron chi connectivity index (χ3n) is 1.56. The predicted octanol–water partition coefficient (Wildman–Crippen LogP) is 2.46. The molecule has 2 aromatic heterocycles. The third-order valence-corrected chi connectivity index (χ3v) is 2.52. The van der Waals surface area contributed by atoms with Gasteiger partial charge < -0.3 is 4.42 Å². The molecular weight excluding hydrogens is 208 g/mol. The van der Waals surface area contributed by atoms with Gasteiger partial charge in [0.1, 0.15) is 5.88 Å². The molecule has 5 heteroatoms. The van der Waals surface area contributed by atoms with E-state index in [1.54, 1.807) is 11.3 Å². The van der Waals surface area contributed by atoms with Crippen LogP contribution in [0.1, 0.15) is 17.3 Å². The van der Waals surface area contributed by atoms with Gasteiger partial charge >= 0.3 is 0 Å². The predicted molar refractivity (Wildman–Crippen MR) is 51.0 cm³/mol. The lowest BCUT2D eigenvalue weighted by Gasteiger charge is -1.88. The smallest absolute Gasteiger partial charge is 0.231 e. The van der Waals surface area contributed by atoms with Crippen LogP contribution in [0.15, 0.2) is 21.2 Å². The summed E-state index contributed by atoms with van der Waals surface area (Å²) in [5.74, 6) is 1.37. The van der Waals surface area contributed by atoms with Crippen molar-refractivity contribution in [2.75, 3.05) is 0 Å². The lowest BCUT2D eigenvalue weighted by molar-refractivity contribution is 0.473. The molecule has 0 fully saturated rings. The van der Waals surface area contributed by atoms with Crippen LogP contribution in [0.5, 0.6) is 0 Å². The maximum absolute atomic E-state index is 5.53. The van der Waals surface area contributed by atoms with Gasteiger partial charge in [-0.2, -0.15) is 11.3 Å². The van der Waals surface area contributed by atoms with Gasteiger partial charge in [0.15, 0.2) is 0 Å². The molecule has 0 aromatic carbocycles. The number of nitrogens with zero attached hydrogens (tertiary/aromatic N) is 2. The molecule has 2 rings (SSSR count). The van der Waals surface area contributed by atoms with Crippen LogP contribution in [0.4, 0.5) is 0 Å². The fraction of sp³-hybridized carbons (Fsp3) is 0.250. The van der Waals surface area contributed by atoms with Crippen molar-refractivity contribution in [3.8, 4) is 0 Å². The first kappa shape index (κ1) is 8.72. The first-order valence-electron chi connectivity index (χ1n) is 3.77. The minimum absolute atomic E-state index is 0.274. The molecule has 0 aliphatic rings. The molecule has 3 nitrogen and oxygen atoms in total. The fourth-order valence-electron chi connectivity index (χ4n) is 0.982. The zero-order valence-electron chi connectivity index (χ0n) is 6.74. The van der Waals surface area contributed by atoms with Crippen LogP contribution in [-0.2, 0) is 12.3 Å². The van der Waals surface area contributed by atoms with E-state index < -0.39 is 0 Å². The Morgan fingerprint density at radius 1 is 1.38 bits per heavy atom. The fourth-order valence-corrected chi connectivity index (χ4v) is 1.76. The molecule has 2 heterocycles. The van der Waals surface area contributed by atoms with Crippen LogP contribution in [0.25, 0.3) is 0 Å². The van der Waals surface area contributed by atoms with Gasteiger partial charge in [-0.15, -0.1) is 21.8 Å². The van der Waals surface area contributed by atoms with Gasteiger partial charge in [0.2, 0.25) is 11.8 Å². The average molecular weight is 215 g/mol. The van der Waals surface area contributed by atoms with Crippen LogP contribution >= 0.6 is 22.9 Å². The van der Waals surface area contributed by atoms with E-state index in [0.29, 0.717) is 18.2 Å². The molecule has 0 aliphatic carbocycles. The largest absolute Gasteiger partial charge is 0.424 e. The topological polar surface area (TPSA) is 38.9 Å². The Labute approximate surface area is 84.4 Å². The number of thiophene rings is 1. The van der Waals surface area contributed by atoms with E-state index in [9.17, 15) is 0 Å². The minimum atomic E-state index is 0.274. The van der Waals surface area contributed by atoms with Gasteiger partial charge in [-0.1, -0.05) is 0 Å². The van der Waals surface area contributed by atoms with Crippen molar-refractivity contribution in [3.05, 3.63) is 34.2 Å². The molecule has 2 aromatic rings. The van der Waals surface area contributed by atoms with Crippen molar-refractivity contribution in [1.82, 2.24) is 10.2 Å². The lowest BCUT2D eigenvalue weighted by Crippen LogP contribution is -1.84. The lowest BCUT2D eigenvalue weighted by atomic mass is 10.2. The minimum Gasteiger partial charge on any atom is -0.424 e. The standard InChI is InChI=1S/C8H7ClN2OS/c9-4-8-11-10-7(12-8)3-6-1-2-13-5-6/h1-2,5H,3-4H2. The molecule has 0 saturated carbocycles. The summed E-state index contributed by atoms with van der Waals surface area (Å²) in [5.41, 5.74) is 1.19. The molecule has 68 valence electrons. The molecule has 0 atom stereocenters. The van der Waals surface area contributed by atoms with E-state index in [-0.39, 0.29) is 5.88 Å². The summed E-state index contributed by atoms with van der Waals surface area (Å²) in [6.45, 7) is 0. The second kappa shape index (κ2) is 3.89. The monoisotopic (exact) mass is 214 g/mol. The van der Waals surface area contributed by atoms with Crippen LogP contribution in [-0.4, -0.2) is 10.2 Å². The van der Waals surface area contributed by atoms with Crippen molar-refractivity contribution in [1.29, 1.82) is 0 Å². The molecule has 0 aliphatic heterocycles. The highest BCUT2D eigenvalue weighted by molar-refractivity contribution is 7.07. The number of aromatic nitrogens is 2. The summed E-state index contributed by atoms with van der Waals surface area (Å²) in [5, 5.41) is 11.7. The van der Waals surface area contributed by atoms with Crippen LogP contribution in [0, 0.1) is 0 Å². The average Bonchev–Trinajstić information content (AvgIpc) is 2.76. The maximum Gasteiger partial charge on any atom is 0.231 e. The van der Waals surface area contributed by atoms with Gasteiger partial charge in [-0.25, -0.2) is 0 Å². The summed E-state index contributed by atoms with van der Waals surface area (Å²) in [6, 6.07) is 2.04. The van der Waals surface area contributed by atoms with Crippen molar-refractivity contribution in [3.63, 3.8) is 0 Å². The summed E-state index contributed by atoms with van der Waals surface area (Å²) in [6.07, 6.45) is 0.688. The summed E-state index contributed by atoms with van der Waals surface area (Å²) in [4.78, 5) is 0. The van der Waals surface area contributed by atoms with Crippen molar-refractivity contribution >= 4 is 22.9 Å². The number of alkyl halides is 1. The molecule has 0 radical (unpaired) electrons. The quantitative estimate of drug-likeness (QED) is 0.737. The summed E-state index contributed by atoms with van der Waals surface area (Å²) < 4.78 is 5.26. The van der Waals surface area contributed by atoms with E-state index >= 15 is 0 Å². The highest BCUT2D eigenvalue weighted by Crippen LogP contribution is 2.12. The Morgan fingerprint density at radius 2 is 2.23 bits per heavy atom. The molecular formula is C8H7ClN2OS. The Kier molecular flexibility index (Phi) is 2.61.